The second-order valence-electron chi connectivity index (χ2n) is 12.3. The summed E-state index contributed by atoms with van der Waals surface area (Å²) in [6, 6.07) is 52.7. The van der Waals surface area contributed by atoms with Crippen LogP contribution in [-0.2, 0) is 0 Å². The Balaban J connectivity index is 1.18. The van der Waals surface area contributed by atoms with E-state index in [1.165, 1.54) is 70.6 Å². The van der Waals surface area contributed by atoms with Crippen molar-refractivity contribution in [2.24, 2.45) is 0 Å². The van der Waals surface area contributed by atoms with Crippen molar-refractivity contribution in [3.63, 3.8) is 0 Å². The van der Waals surface area contributed by atoms with Crippen LogP contribution in [0.15, 0.2) is 146 Å². The summed E-state index contributed by atoms with van der Waals surface area (Å²) in [5.74, 6) is 0.298. The summed E-state index contributed by atoms with van der Waals surface area (Å²) in [4.78, 5) is 4.97. The Hall–Kier alpha value is -5.71. The number of rotatable bonds is 4. The summed E-state index contributed by atoms with van der Waals surface area (Å²) < 4.78 is 6.17. The van der Waals surface area contributed by atoms with Gasteiger partial charge in [0, 0.05) is 44.4 Å². The van der Waals surface area contributed by atoms with Crippen molar-refractivity contribution in [1.82, 2.24) is 14.1 Å². The molecule has 0 aliphatic heterocycles. The molecule has 0 amide bonds. The number of benzene rings is 6. The van der Waals surface area contributed by atoms with E-state index in [1.54, 1.807) is 11.3 Å². The fourth-order valence-corrected chi connectivity index (χ4v) is 8.63. The highest BCUT2D eigenvalue weighted by Crippen LogP contribution is 2.42. The molecular weight excluding hydrogens is 591 g/mol. The smallest absolute Gasteiger partial charge is 0.124 e. The molecule has 0 bridgehead atoms. The number of hydrogen-bond acceptors (Lipinski definition) is 2. The van der Waals surface area contributed by atoms with Crippen LogP contribution in [0.4, 0.5) is 0 Å². The molecule has 3 aromatic heterocycles. The Morgan fingerprint density at radius 3 is 2.11 bits per heavy atom. The zero-order chi connectivity index (χ0) is 30.9. The van der Waals surface area contributed by atoms with Crippen LogP contribution in [0.5, 0.6) is 0 Å². The molecule has 6 aromatic carbocycles. The van der Waals surface area contributed by atoms with Crippen LogP contribution in [-0.4, -0.2) is 14.1 Å². The van der Waals surface area contributed by atoms with E-state index >= 15 is 0 Å². The molecule has 0 saturated carbocycles. The van der Waals surface area contributed by atoms with E-state index in [9.17, 15) is 0 Å². The third-order valence-corrected chi connectivity index (χ3v) is 10.7. The molecule has 10 rings (SSSR count). The summed E-state index contributed by atoms with van der Waals surface area (Å²) in [6.45, 7) is 0. The van der Waals surface area contributed by atoms with Crippen LogP contribution in [0.2, 0.25) is 0 Å². The molecule has 0 fully saturated rings. The van der Waals surface area contributed by atoms with Crippen molar-refractivity contribution < 1.29 is 0 Å². The summed E-state index contributed by atoms with van der Waals surface area (Å²) in [5.41, 5.74) is 9.77. The van der Waals surface area contributed by atoms with E-state index < -0.39 is 0 Å². The molecular formula is C43H29N3S. The minimum Gasteiger partial charge on any atom is -0.309 e. The first-order valence-corrected chi connectivity index (χ1v) is 17.0. The summed E-state index contributed by atoms with van der Waals surface area (Å²) in [5, 5.41) is 7.29. The number of aromatic nitrogens is 3. The van der Waals surface area contributed by atoms with Crippen molar-refractivity contribution in [3.05, 3.63) is 161 Å². The van der Waals surface area contributed by atoms with Crippen LogP contribution in [0.1, 0.15) is 17.9 Å². The normalized spacial score (nSPS) is 14.4. The summed E-state index contributed by atoms with van der Waals surface area (Å²) >= 11 is 1.79. The lowest BCUT2D eigenvalue weighted by Crippen LogP contribution is -2.25. The highest BCUT2D eigenvalue weighted by atomic mass is 32.1. The lowest BCUT2D eigenvalue weighted by molar-refractivity contribution is 0.916. The third kappa shape index (κ3) is 4.08. The van der Waals surface area contributed by atoms with Crippen molar-refractivity contribution in [3.8, 4) is 21.9 Å². The fraction of sp³-hybridized carbons (Fsp3) is 0.0465. The lowest BCUT2D eigenvalue weighted by Gasteiger charge is -2.16. The highest BCUT2D eigenvalue weighted by molar-refractivity contribution is 7.13. The van der Waals surface area contributed by atoms with Crippen molar-refractivity contribution in [2.75, 3.05) is 0 Å². The molecule has 3 nitrogen and oxygen atoms in total. The van der Waals surface area contributed by atoms with Crippen LogP contribution in [0.3, 0.4) is 0 Å². The van der Waals surface area contributed by atoms with Crippen molar-refractivity contribution in [1.29, 1.82) is 0 Å². The van der Waals surface area contributed by atoms with E-state index in [1.807, 2.05) is 0 Å². The summed E-state index contributed by atoms with van der Waals surface area (Å²) in [6.07, 6.45) is 5.68. The molecule has 0 spiro atoms. The molecule has 0 N–H and O–H groups in total. The first kappa shape index (κ1) is 26.5. The molecule has 1 aliphatic carbocycles. The predicted molar refractivity (Wildman–Crippen MR) is 198 cm³/mol. The molecule has 47 heavy (non-hydrogen) atoms. The van der Waals surface area contributed by atoms with Gasteiger partial charge in [0.2, 0.25) is 0 Å². The van der Waals surface area contributed by atoms with E-state index in [0.717, 1.165) is 16.8 Å². The van der Waals surface area contributed by atoms with Gasteiger partial charge in [0.1, 0.15) is 5.01 Å². The maximum absolute atomic E-state index is 4.97. The maximum atomic E-state index is 4.97. The largest absolute Gasteiger partial charge is 0.309 e. The van der Waals surface area contributed by atoms with E-state index in [4.69, 9.17) is 4.98 Å². The van der Waals surface area contributed by atoms with Crippen molar-refractivity contribution >= 4 is 67.1 Å². The maximum Gasteiger partial charge on any atom is 0.124 e. The minimum absolute atomic E-state index is 0.298. The van der Waals surface area contributed by atoms with Crippen LogP contribution >= 0.6 is 11.3 Å². The number of nitrogens with zero attached hydrogens (tertiary/aromatic N) is 3. The van der Waals surface area contributed by atoms with Gasteiger partial charge in [-0.15, -0.1) is 11.3 Å². The Labute approximate surface area is 275 Å². The monoisotopic (exact) mass is 619 g/mol. The van der Waals surface area contributed by atoms with Gasteiger partial charge in [0.05, 0.1) is 31.9 Å². The SMILES string of the molecule is C1=c2nc(-c3ccccc3)sc2=CC(c2cccc(-n3c4ccccc4c4c3ccc3c5ccccc5n(-c5ccccc5)c34)c2)C1. The first-order chi connectivity index (χ1) is 23.3. The fourth-order valence-electron chi connectivity index (χ4n) is 7.56. The van der Waals surface area contributed by atoms with Gasteiger partial charge in [-0.25, -0.2) is 4.98 Å². The van der Waals surface area contributed by atoms with Crippen molar-refractivity contribution in [2.45, 2.75) is 12.3 Å². The molecule has 0 radical (unpaired) electrons. The van der Waals surface area contributed by atoms with Crippen LogP contribution in [0.25, 0.3) is 77.7 Å². The Morgan fingerprint density at radius 2 is 1.28 bits per heavy atom. The average Bonchev–Trinajstić information content (AvgIpc) is 3.82. The molecule has 0 saturated heterocycles. The van der Waals surface area contributed by atoms with Crippen LogP contribution in [0, 0.1) is 0 Å². The van der Waals surface area contributed by atoms with Gasteiger partial charge < -0.3 is 9.13 Å². The molecule has 4 heteroatoms. The first-order valence-electron chi connectivity index (χ1n) is 16.2. The Morgan fingerprint density at radius 1 is 0.574 bits per heavy atom. The predicted octanol–water partition coefficient (Wildman–Crippen LogP) is 9.75. The van der Waals surface area contributed by atoms with Gasteiger partial charge in [-0.1, -0.05) is 115 Å². The molecule has 1 unspecified atom stereocenters. The molecule has 1 atom stereocenters. The average molecular weight is 620 g/mol. The van der Waals surface area contributed by atoms with Gasteiger partial charge >= 0.3 is 0 Å². The third-order valence-electron chi connectivity index (χ3n) is 9.66. The van der Waals surface area contributed by atoms with Gasteiger partial charge in [-0.3, -0.25) is 0 Å². The van der Waals surface area contributed by atoms with Gasteiger partial charge in [-0.05, 0) is 54.4 Å². The topological polar surface area (TPSA) is 22.8 Å². The van der Waals surface area contributed by atoms with Gasteiger partial charge in [-0.2, -0.15) is 0 Å². The Kier molecular flexibility index (Phi) is 5.87. The second kappa shape index (κ2) is 10.4. The van der Waals surface area contributed by atoms with Crippen LogP contribution < -0.4 is 9.88 Å². The lowest BCUT2D eigenvalue weighted by atomic mass is 9.93. The van der Waals surface area contributed by atoms with Gasteiger partial charge in [0.15, 0.2) is 0 Å². The van der Waals surface area contributed by atoms with E-state index in [2.05, 4.69) is 167 Å². The number of fused-ring (bicyclic) bond motifs is 8. The standard InChI is InChI=1S/C43H29N3S/c1-3-12-28(13-4-1)43-44-36-24-22-30(27-40(36)47-43)29-14-11-17-32(26-29)45-38-21-10-8-19-35(38)41-39(45)25-23-34-33-18-7-9-20-37(33)46(42(34)41)31-15-5-2-6-16-31/h1-21,23-27,30H,22H2. The number of para-hydroxylation sites is 3. The molecule has 222 valence electrons. The Bertz CT molecular complexity index is 2770. The zero-order valence-electron chi connectivity index (χ0n) is 25.5. The van der Waals surface area contributed by atoms with Gasteiger partial charge in [0.25, 0.3) is 0 Å². The zero-order valence-corrected chi connectivity index (χ0v) is 26.4. The molecule has 3 heterocycles. The van der Waals surface area contributed by atoms with E-state index in [-0.39, 0.29) is 0 Å². The second-order valence-corrected chi connectivity index (χ2v) is 13.4. The highest BCUT2D eigenvalue weighted by Gasteiger charge is 2.21. The molecule has 1 aliphatic rings. The summed E-state index contributed by atoms with van der Waals surface area (Å²) in [7, 11) is 0. The molecule has 9 aromatic rings. The van der Waals surface area contributed by atoms with E-state index in [0.29, 0.717) is 5.92 Å². The minimum atomic E-state index is 0.298. The number of thiazole rings is 1. The quantitative estimate of drug-likeness (QED) is 0.192. The number of hydrogen-bond donors (Lipinski definition) is 0.